The van der Waals surface area contributed by atoms with Crippen LogP contribution in [-0.4, -0.2) is 67.4 Å². The molecule has 2 unspecified atom stereocenters. The first-order valence-electron chi connectivity index (χ1n) is 9.76. The van der Waals surface area contributed by atoms with E-state index in [1.807, 2.05) is 0 Å². The van der Waals surface area contributed by atoms with Crippen molar-refractivity contribution >= 4 is 31.7 Å². The summed E-state index contributed by atoms with van der Waals surface area (Å²) in [6.45, 7) is 3.84. The minimum absolute atomic E-state index is 0.104. The van der Waals surface area contributed by atoms with Crippen molar-refractivity contribution in [2.24, 2.45) is 0 Å². The number of hydrogen-bond acceptors (Lipinski definition) is 11. The predicted octanol–water partition coefficient (Wildman–Crippen LogP) is 1.67. The first-order valence-corrected chi connectivity index (χ1v) is 11.3. The van der Waals surface area contributed by atoms with Crippen molar-refractivity contribution in [3.05, 3.63) is 0 Å². The first-order chi connectivity index (χ1) is 14.5. The highest BCUT2D eigenvalue weighted by Crippen LogP contribution is 2.43. The summed E-state index contributed by atoms with van der Waals surface area (Å²) in [6.07, 6.45) is -0.923. The van der Waals surface area contributed by atoms with Crippen molar-refractivity contribution in [3.63, 3.8) is 0 Å². The Kier molecular flexibility index (Phi) is 14.7. The summed E-state index contributed by atoms with van der Waals surface area (Å²) in [5.74, 6) is -2.47. The molecule has 3 atom stereocenters. The Labute approximate surface area is 181 Å². The Morgan fingerprint density at radius 3 is 1.71 bits per heavy atom. The Morgan fingerprint density at radius 1 is 0.742 bits per heavy atom. The Bertz CT molecular complexity index is 635. The lowest BCUT2D eigenvalue weighted by Gasteiger charge is -2.21. The van der Waals surface area contributed by atoms with Crippen molar-refractivity contribution < 1.29 is 56.6 Å². The highest BCUT2D eigenvalue weighted by atomic mass is 31.2. The van der Waals surface area contributed by atoms with Gasteiger partial charge in [-0.05, 0) is 12.8 Å². The second kappa shape index (κ2) is 15.7. The summed E-state index contributed by atoms with van der Waals surface area (Å²) in [6, 6.07) is 0. The van der Waals surface area contributed by atoms with Crippen LogP contribution >= 0.6 is 7.82 Å². The van der Waals surface area contributed by atoms with Crippen LogP contribution in [0.3, 0.4) is 0 Å². The normalized spacial score (nSPS) is 14.6. The fourth-order valence-electron chi connectivity index (χ4n) is 1.98. The average Bonchev–Trinajstić information content (AvgIpc) is 2.66. The zero-order valence-electron chi connectivity index (χ0n) is 18.2. The van der Waals surface area contributed by atoms with Crippen LogP contribution in [0.5, 0.6) is 0 Å². The molecule has 0 amide bonds. The van der Waals surface area contributed by atoms with Crippen LogP contribution in [0, 0.1) is 0 Å². The quantitative estimate of drug-likeness (QED) is 0.198. The molecule has 31 heavy (non-hydrogen) atoms. The maximum atomic E-state index is 12.1. The molecule has 0 saturated carbocycles. The molecule has 0 rings (SSSR count). The van der Waals surface area contributed by atoms with Gasteiger partial charge in [-0.2, -0.15) is 0 Å². The molecule has 180 valence electrons. The van der Waals surface area contributed by atoms with Crippen LogP contribution in [0.15, 0.2) is 0 Å². The number of phosphoric ester groups is 1. The summed E-state index contributed by atoms with van der Waals surface area (Å²) in [5.41, 5.74) is 0. The molecule has 13 heteroatoms. The van der Waals surface area contributed by atoms with Crippen molar-refractivity contribution in [2.45, 2.75) is 65.6 Å². The van der Waals surface area contributed by atoms with Crippen molar-refractivity contribution in [1.82, 2.24) is 0 Å². The lowest BCUT2D eigenvalue weighted by molar-refractivity contribution is -0.161. The summed E-state index contributed by atoms with van der Waals surface area (Å²) in [4.78, 5) is 55.1. The van der Waals surface area contributed by atoms with Crippen molar-refractivity contribution in [3.8, 4) is 0 Å². The van der Waals surface area contributed by atoms with Gasteiger partial charge in [-0.3, -0.25) is 28.2 Å². The van der Waals surface area contributed by atoms with Gasteiger partial charge < -0.3 is 23.8 Å². The molecule has 0 aliphatic heterocycles. The molecule has 0 aromatic heterocycles. The van der Waals surface area contributed by atoms with Gasteiger partial charge in [0.25, 0.3) is 0 Å². The van der Waals surface area contributed by atoms with Crippen LogP contribution in [0.4, 0.5) is 0 Å². The van der Waals surface area contributed by atoms with Gasteiger partial charge in [0.05, 0.1) is 13.2 Å². The third-order valence-corrected chi connectivity index (χ3v) is 4.24. The Morgan fingerprint density at radius 2 is 1.23 bits per heavy atom. The smallest absolute Gasteiger partial charge is 0.462 e. The van der Waals surface area contributed by atoms with Crippen molar-refractivity contribution in [2.75, 3.05) is 26.4 Å². The van der Waals surface area contributed by atoms with Gasteiger partial charge in [-0.15, -0.1) is 0 Å². The van der Waals surface area contributed by atoms with Gasteiger partial charge in [-0.25, -0.2) is 4.57 Å². The van der Waals surface area contributed by atoms with Crippen LogP contribution in [0.1, 0.15) is 53.4 Å². The van der Waals surface area contributed by atoms with Crippen LogP contribution in [0.25, 0.3) is 0 Å². The number of carbonyl (C=O) groups excluding carboxylic acids is 4. The SMILES string of the molecule is CCCC(=O)OCC(COP(=O)(O)OC[C@@H](COC(C)=O)OC(C)=O)OC(=O)CCC. The van der Waals surface area contributed by atoms with Gasteiger partial charge in [-0.1, -0.05) is 13.8 Å². The molecule has 0 spiro atoms. The van der Waals surface area contributed by atoms with E-state index in [0.717, 1.165) is 13.8 Å². The minimum atomic E-state index is -4.67. The molecule has 0 heterocycles. The maximum absolute atomic E-state index is 12.1. The highest BCUT2D eigenvalue weighted by molar-refractivity contribution is 7.47. The van der Waals surface area contributed by atoms with Gasteiger partial charge >= 0.3 is 31.7 Å². The molecule has 1 N–H and O–H groups in total. The van der Waals surface area contributed by atoms with E-state index < -0.39 is 57.1 Å². The second-order valence-electron chi connectivity index (χ2n) is 6.39. The zero-order valence-corrected chi connectivity index (χ0v) is 19.1. The van der Waals surface area contributed by atoms with Crippen LogP contribution in [0.2, 0.25) is 0 Å². The Hall–Kier alpha value is -2.01. The Balaban J connectivity index is 4.82. The lowest BCUT2D eigenvalue weighted by Crippen LogP contribution is -2.30. The molecule has 0 aliphatic carbocycles. The van der Waals surface area contributed by atoms with E-state index in [1.54, 1.807) is 13.8 Å². The number of hydrogen-bond donors (Lipinski definition) is 1. The topological polar surface area (TPSA) is 161 Å². The largest absolute Gasteiger partial charge is 0.472 e. The van der Waals surface area contributed by atoms with Crippen LogP contribution < -0.4 is 0 Å². The molecule has 0 aromatic carbocycles. The van der Waals surface area contributed by atoms with Gasteiger partial charge in [0.1, 0.15) is 13.2 Å². The van der Waals surface area contributed by atoms with Gasteiger partial charge in [0.2, 0.25) is 0 Å². The monoisotopic (exact) mass is 470 g/mol. The van der Waals surface area contributed by atoms with Gasteiger partial charge in [0, 0.05) is 26.7 Å². The number of rotatable bonds is 16. The standard InChI is InChI=1S/C18H31O12P/c1-5-7-17(21)26-10-16(30-18(22)8-6-2)12-28-31(23,24)27-11-15(29-14(4)20)9-25-13(3)19/h15-16H,5-12H2,1-4H3,(H,23,24)/t15-,16?/m1/s1. The molecule has 0 fully saturated rings. The number of carbonyl (C=O) groups is 4. The number of phosphoric acid groups is 1. The predicted molar refractivity (Wildman–Crippen MR) is 105 cm³/mol. The second-order valence-corrected chi connectivity index (χ2v) is 7.84. The fraction of sp³-hybridized carbons (Fsp3) is 0.778. The van der Waals surface area contributed by atoms with Crippen LogP contribution in [-0.2, 0) is 51.7 Å². The maximum Gasteiger partial charge on any atom is 0.472 e. The molecular formula is C18H31O12P. The van der Waals surface area contributed by atoms with E-state index in [2.05, 4.69) is 0 Å². The van der Waals surface area contributed by atoms with E-state index in [-0.39, 0.29) is 26.1 Å². The molecule has 0 saturated heterocycles. The fourth-order valence-corrected chi connectivity index (χ4v) is 2.76. The summed E-state index contributed by atoms with van der Waals surface area (Å²) < 4.78 is 41.3. The minimum Gasteiger partial charge on any atom is -0.462 e. The molecule has 0 radical (unpaired) electrons. The van der Waals surface area contributed by atoms with Crippen molar-refractivity contribution in [1.29, 1.82) is 0 Å². The third kappa shape index (κ3) is 16.4. The summed E-state index contributed by atoms with van der Waals surface area (Å²) in [5, 5.41) is 0. The van der Waals surface area contributed by atoms with E-state index in [9.17, 15) is 28.6 Å². The van der Waals surface area contributed by atoms with Gasteiger partial charge in [0.15, 0.2) is 12.2 Å². The molecule has 0 aromatic rings. The van der Waals surface area contributed by atoms with E-state index in [0.29, 0.717) is 12.8 Å². The lowest BCUT2D eigenvalue weighted by atomic mass is 10.3. The van der Waals surface area contributed by atoms with E-state index in [1.165, 1.54) is 0 Å². The molecule has 0 bridgehead atoms. The number of esters is 4. The first kappa shape index (κ1) is 29.0. The van der Waals surface area contributed by atoms with E-state index in [4.69, 9.17) is 28.0 Å². The molecular weight excluding hydrogens is 439 g/mol. The molecule has 0 aliphatic rings. The molecule has 12 nitrogen and oxygen atoms in total. The third-order valence-electron chi connectivity index (χ3n) is 3.29. The van der Waals surface area contributed by atoms with E-state index >= 15 is 0 Å². The summed E-state index contributed by atoms with van der Waals surface area (Å²) in [7, 11) is -4.67. The zero-order chi connectivity index (χ0) is 23.9. The average molecular weight is 470 g/mol. The number of ether oxygens (including phenoxy) is 4. The summed E-state index contributed by atoms with van der Waals surface area (Å²) >= 11 is 0. The highest BCUT2D eigenvalue weighted by Gasteiger charge is 2.28.